The highest BCUT2D eigenvalue weighted by Gasteiger charge is 2.42. The van der Waals surface area contributed by atoms with Gasteiger partial charge in [-0.1, -0.05) is 6.92 Å². The van der Waals surface area contributed by atoms with E-state index >= 15 is 0 Å². The van der Waals surface area contributed by atoms with E-state index in [1.807, 2.05) is 26.0 Å². The SMILES string of the molecule is CCc1cc(O)ccc1-c1cc2[nH]ncc2c(N2CC(C)(OC=O)C2)n1. The molecule has 0 bridgehead atoms. The molecule has 7 nitrogen and oxygen atoms in total. The highest BCUT2D eigenvalue weighted by atomic mass is 16.5. The molecule has 2 N–H and O–H groups in total. The van der Waals surface area contributed by atoms with Crippen LogP contribution in [0.4, 0.5) is 5.82 Å². The van der Waals surface area contributed by atoms with Gasteiger partial charge in [0, 0.05) is 5.56 Å². The van der Waals surface area contributed by atoms with E-state index in [0.717, 1.165) is 40.0 Å². The van der Waals surface area contributed by atoms with Gasteiger partial charge in [0.2, 0.25) is 0 Å². The summed E-state index contributed by atoms with van der Waals surface area (Å²) in [6.45, 7) is 5.62. The predicted octanol–water partition coefficient (Wildman–Crippen LogP) is 2.64. The van der Waals surface area contributed by atoms with E-state index in [9.17, 15) is 9.90 Å². The normalized spacial score (nSPS) is 15.7. The Kier molecular flexibility index (Phi) is 3.79. The smallest absolute Gasteiger partial charge is 0.293 e. The fraction of sp³-hybridized carbons (Fsp3) is 0.316. The topological polar surface area (TPSA) is 91.3 Å². The number of rotatable bonds is 5. The monoisotopic (exact) mass is 352 g/mol. The second kappa shape index (κ2) is 6.01. The number of carbonyl (C=O) groups excluding carboxylic acids is 1. The molecule has 0 amide bonds. The molecule has 3 aromatic rings. The average molecular weight is 352 g/mol. The molecule has 7 heteroatoms. The zero-order chi connectivity index (χ0) is 18.3. The Labute approximate surface area is 150 Å². The molecule has 0 atom stereocenters. The lowest BCUT2D eigenvalue weighted by Crippen LogP contribution is -2.61. The molecular formula is C19H20N4O3. The van der Waals surface area contributed by atoms with Gasteiger partial charge in [-0.2, -0.15) is 5.10 Å². The van der Waals surface area contributed by atoms with Gasteiger partial charge < -0.3 is 14.7 Å². The van der Waals surface area contributed by atoms with E-state index in [1.165, 1.54) is 0 Å². The number of phenolic OH excluding ortho intramolecular Hbond substituents is 1. The molecule has 0 spiro atoms. The summed E-state index contributed by atoms with van der Waals surface area (Å²) in [6, 6.07) is 7.30. The number of phenols is 1. The Balaban J connectivity index is 1.78. The summed E-state index contributed by atoms with van der Waals surface area (Å²) < 4.78 is 5.17. The first-order valence-electron chi connectivity index (χ1n) is 8.56. The summed E-state index contributed by atoms with van der Waals surface area (Å²) in [7, 11) is 0. The number of anilines is 1. The summed E-state index contributed by atoms with van der Waals surface area (Å²) >= 11 is 0. The number of aromatic nitrogens is 3. The first-order valence-corrected chi connectivity index (χ1v) is 8.56. The van der Waals surface area contributed by atoms with Crippen molar-refractivity contribution in [2.45, 2.75) is 25.9 Å². The molecule has 0 saturated carbocycles. The molecule has 1 aromatic carbocycles. The van der Waals surface area contributed by atoms with Crippen molar-refractivity contribution in [2.24, 2.45) is 0 Å². The van der Waals surface area contributed by atoms with Gasteiger partial charge in [-0.05, 0) is 43.2 Å². The van der Waals surface area contributed by atoms with Crippen molar-refractivity contribution in [2.75, 3.05) is 18.0 Å². The van der Waals surface area contributed by atoms with Gasteiger partial charge in [0.1, 0.15) is 17.2 Å². The summed E-state index contributed by atoms with van der Waals surface area (Å²) in [4.78, 5) is 17.6. The lowest BCUT2D eigenvalue weighted by Gasteiger charge is -2.46. The molecule has 3 heterocycles. The van der Waals surface area contributed by atoms with Crippen LogP contribution in [0.15, 0.2) is 30.5 Å². The number of aromatic amines is 1. The summed E-state index contributed by atoms with van der Waals surface area (Å²) in [5.41, 5.74) is 3.24. The number of pyridine rings is 1. The second-order valence-electron chi connectivity index (χ2n) is 6.88. The number of fused-ring (bicyclic) bond motifs is 1. The van der Waals surface area contributed by atoms with Crippen molar-refractivity contribution in [3.05, 3.63) is 36.0 Å². The van der Waals surface area contributed by atoms with Gasteiger partial charge in [-0.25, -0.2) is 4.98 Å². The van der Waals surface area contributed by atoms with Crippen molar-refractivity contribution in [1.82, 2.24) is 15.2 Å². The van der Waals surface area contributed by atoms with Gasteiger partial charge in [0.15, 0.2) is 0 Å². The minimum Gasteiger partial charge on any atom is -0.508 e. The maximum absolute atomic E-state index is 10.7. The highest BCUT2D eigenvalue weighted by Crippen LogP contribution is 2.36. The molecular weight excluding hydrogens is 332 g/mol. The van der Waals surface area contributed by atoms with Crippen LogP contribution < -0.4 is 4.90 Å². The number of nitrogens with zero attached hydrogens (tertiary/aromatic N) is 3. The summed E-state index contributed by atoms with van der Waals surface area (Å²) in [5.74, 6) is 1.06. The van der Waals surface area contributed by atoms with Crippen LogP contribution in [0.25, 0.3) is 22.2 Å². The predicted molar refractivity (Wildman–Crippen MR) is 98.1 cm³/mol. The van der Waals surface area contributed by atoms with E-state index in [4.69, 9.17) is 9.72 Å². The Bertz CT molecular complexity index is 976. The van der Waals surface area contributed by atoms with Crippen LogP contribution in [0.3, 0.4) is 0 Å². The van der Waals surface area contributed by atoms with Crippen LogP contribution >= 0.6 is 0 Å². The molecule has 4 rings (SSSR count). The fourth-order valence-corrected chi connectivity index (χ4v) is 3.53. The Morgan fingerprint density at radius 3 is 2.92 bits per heavy atom. The Hall–Kier alpha value is -3.09. The first kappa shape index (κ1) is 16.4. The first-order chi connectivity index (χ1) is 12.5. The average Bonchev–Trinajstić information content (AvgIpc) is 3.07. The van der Waals surface area contributed by atoms with Crippen LogP contribution in [0.5, 0.6) is 5.75 Å². The number of ether oxygens (including phenoxy) is 1. The van der Waals surface area contributed by atoms with Crippen LogP contribution in [0.1, 0.15) is 19.4 Å². The molecule has 1 fully saturated rings. The third-order valence-corrected chi connectivity index (χ3v) is 4.85. The number of aromatic hydroxyl groups is 1. The zero-order valence-electron chi connectivity index (χ0n) is 14.7. The highest BCUT2D eigenvalue weighted by molar-refractivity contribution is 5.93. The minimum atomic E-state index is -0.484. The number of aryl methyl sites for hydroxylation is 1. The largest absolute Gasteiger partial charge is 0.508 e. The van der Waals surface area contributed by atoms with Crippen LogP contribution in [0.2, 0.25) is 0 Å². The molecule has 2 aromatic heterocycles. The maximum atomic E-state index is 10.7. The van der Waals surface area contributed by atoms with Gasteiger partial charge in [0.25, 0.3) is 6.47 Å². The minimum absolute atomic E-state index is 0.248. The van der Waals surface area contributed by atoms with Gasteiger partial charge >= 0.3 is 0 Å². The van der Waals surface area contributed by atoms with Crippen molar-refractivity contribution in [3.8, 4) is 17.0 Å². The van der Waals surface area contributed by atoms with Crippen molar-refractivity contribution >= 4 is 23.2 Å². The molecule has 1 aliphatic rings. The van der Waals surface area contributed by atoms with Crippen LogP contribution in [0, 0.1) is 0 Å². The number of H-pyrrole nitrogens is 1. The van der Waals surface area contributed by atoms with Crippen LogP contribution in [-0.2, 0) is 16.0 Å². The Morgan fingerprint density at radius 2 is 2.19 bits per heavy atom. The summed E-state index contributed by atoms with van der Waals surface area (Å²) in [6.07, 6.45) is 2.55. The number of hydrogen-bond acceptors (Lipinski definition) is 6. The van der Waals surface area contributed by atoms with Crippen molar-refractivity contribution < 1.29 is 14.6 Å². The van der Waals surface area contributed by atoms with E-state index < -0.39 is 5.60 Å². The molecule has 0 radical (unpaired) electrons. The molecule has 26 heavy (non-hydrogen) atoms. The number of carbonyl (C=O) groups is 1. The van der Waals surface area contributed by atoms with Crippen molar-refractivity contribution in [3.63, 3.8) is 0 Å². The molecule has 134 valence electrons. The molecule has 1 aliphatic heterocycles. The van der Waals surface area contributed by atoms with E-state index in [0.29, 0.717) is 19.6 Å². The standard InChI is InChI=1S/C19H20N4O3/c1-3-12-6-13(25)4-5-14(12)16-7-17-15(8-20-22-17)18(21-16)23-9-19(2,10-23)26-11-24/h4-8,11,25H,3,9-10H2,1-2H3,(H,20,22). The van der Waals surface area contributed by atoms with E-state index in [-0.39, 0.29) is 5.75 Å². The van der Waals surface area contributed by atoms with Crippen molar-refractivity contribution in [1.29, 1.82) is 0 Å². The maximum Gasteiger partial charge on any atom is 0.293 e. The fourth-order valence-electron chi connectivity index (χ4n) is 3.53. The second-order valence-corrected chi connectivity index (χ2v) is 6.88. The van der Waals surface area contributed by atoms with Gasteiger partial charge in [-0.15, -0.1) is 0 Å². The lowest BCUT2D eigenvalue weighted by atomic mass is 9.95. The number of nitrogens with one attached hydrogen (secondary N) is 1. The quantitative estimate of drug-likeness (QED) is 0.686. The third-order valence-electron chi connectivity index (χ3n) is 4.85. The molecule has 0 unspecified atom stereocenters. The van der Waals surface area contributed by atoms with E-state index in [1.54, 1.807) is 18.3 Å². The molecule has 0 aliphatic carbocycles. The zero-order valence-corrected chi connectivity index (χ0v) is 14.7. The Morgan fingerprint density at radius 1 is 1.38 bits per heavy atom. The lowest BCUT2D eigenvalue weighted by molar-refractivity contribution is -0.144. The van der Waals surface area contributed by atoms with Crippen LogP contribution in [-0.4, -0.2) is 45.5 Å². The number of benzene rings is 1. The number of hydrogen-bond donors (Lipinski definition) is 2. The van der Waals surface area contributed by atoms with Gasteiger partial charge in [-0.3, -0.25) is 9.89 Å². The van der Waals surface area contributed by atoms with Gasteiger partial charge in [0.05, 0.1) is 35.9 Å². The summed E-state index contributed by atoms with van der Waals surface area (Å²) in [5, 5.41) is 17.9. The molecule has 1 saturated heterocycles. The third kappa shape index (κ3) is 2.65. The van der Waals surface area contributed by atoms with E-state index in [2.05, 4.69) is 15.1 Å².